The summed E-state index contributed by atoms with van der Waals surface area (Å²) in [6.45, 7) is 4.03. The summed E-state index contributed by atoms with van der Waals surface area (Å²) in [5, 5.41) is 14.6. The lowest BCUT2D eigenvalue weighted by molar-refractivity contribution is -0.384. The van der Waals surface area contributed by atoms with Crippen LogP contribution in [0.4, 0.5) is 11.4 Å². The van der Waals surface area contributed by atoms with Gasteiger partial charge in [-0.1, -0.05) is 13.3 Å². The zero-order chi connectivity index (χ0) is 12.0. The van der Waals surface area contributed by atoms with Crippen LogP contribution in [-0.4, -0.2) is 10.6 Å². The highest BCUT2D eigenvalue weighted by molar-refractivity contribution is 5.82. The minimum Gasteiger partial charge on any atom is -0.279 e. The van der Waals surface area contributed by atoms with Gasteiger partial charge in [-0.05, 0) is 25.5 Å². The molecule has 0 saturated carbocycles. The van der Waals surface area contributed by atoms with Gasteiger partial charge < -0.3 is 0 Å². The SMILES string of the molecule is CCC/C(C)=N\Nc1ccc([N+](=O)[O-])cc1. The summed E-state index contributed by atoms with van der Waals surface area (Å²) in [6, 6.07) is 6.18. The van der Waals surface area contributed by atoms with Crippen molar-refractivity contribution in [2.45, 2.75) is 26.7 Å². The fraction of sp³-hybridized carbons (Fsp3) is 0.364. The monoisotopic (exact) mass is 221 g/mol. The van der Waals surface area contributed by atoms with Crippen LogP contribution in [0.25, 0.3) is 0 Å². The highest BCUT2D eigenvalue weighted by atomic mass is 16.6. The first-order chi connectivity index (χ1) is 7.63. The van der Waals surface area contributed by atoms with Crippen LogP contribution in [0.3, 0.4) is 0 Å². The van der Waals surface area contributed by atoms with E-state index >= 15 is 0 Å². The topological polar surface area (TPSA) is 67.5 Å². The maximum atomic E-state index is 10.4. The van der Waals surface area contributed by atoms with Gasteiger partial charge in [-0.2, -0.15) is 5.10 Å². The molecule has 5 nitrogen and oxygen atoms in total. The number of non-ortho nitro benzene ring substituents is 1. The van der Waals surface area contributed by atoms with Gasteiger partial charge in [-0.15, -0.1) is 0 Å². The number of anilines is 1. The fourth-order valence-electron chi connectivity index (χ4n) is 1.24. The number of nitro benzene ring substituents is 1. The van der Waals surface area contributed by atoms with E-state index in [1.807, 2.05) is 6.92 Å². The van der Waals surface area contributed by atoms with E-state index in [4.69, 9.17) is 0 Å². The summed E-state index contributed by atoms with van der Waals surface area (Å²) < 4.78 is 0. The second kappa shape index (κ2) is 5.85. The van der Waals surface area contributed by atoms with Crippen LogP contribution in [-0.2, 0) is 0 Å². The zero-order valence-corrected chi connectivity index (χ0v) is 9.43. The average molecular weight is 221 g/mol. The number of benzene rings is 1. The van der Waals surface area contributed by atoms with Crippen LogP contribution in [0.2, 0.25) is 0 Å². The van der Waals surface area contributed by atoms with Crippen LogP contribution < -0.4 is 5.43 Å². The summed E-state index contributed by atoms with van der Waals surface area (Å²) in [7, 11) is 0. The summed E-state index contributed by atoms with van der Waals surface area (Å²) in [4.78, 5) is 10.00. The standard InChI is InChI=1S/C11H15N3O2/c1-3-4-9(2)12-13-10-5-7-11(8-6-10)14(15)16/h5-8,13H,3-4H2,1-2H3/b12-9-. The third-order valence-electron chi connectivity index (χ3n) is 2.07. The van der Waals surface area contributed by atoms with Crippen molar-refractivity contribution >= 4 is 17.1 Å². The maximum Gasteiger partial charge on any atom is 0.269 e. The Morgan fingerprint density at radius 3 is 2.56 bits per heavy atom. The lowest BCUT2D eigenvalue weighted by Crippen LogP contribution is -1.97. The lowest BCUT2D eigenvalue weighted by Gasteiger charge is -2.01. The number of nitro groups is 1. The molecule has 1 N–H and O–H groups in total. The van der Waals surface area contributed by atoms with Crippen molar-refractivity contribution in [1.29, 1.82) is 0 Å². The highest BCUT2D eigenvalue weighted by Gasteiger charge is 2.02. The van der Waals surface area contributed by atoms with Gasteiger partial charge in [0.05, 0.1) is 10.6 Å². The molecule has 0 atom stereocenters. The number of hydrazone groups is 1. The van der Waals surface area contributed by atoms with Crippen molar-refractivity contribution in [2.24, 2.45) is 5.10 Å². The fourth-order valence-corrected chi connectivity index (χ4v) is 1.24. The molecule has 0 fully saturated rings. The second-order valence-electron chi connectivity index (χ2n) is 3.51. The molecule has 1 aromatic carbocycles. The third kappa shape index (κ3) is 3.68. The largest absolute Gasteiger partial charge is 0.279 e. The number of nitrogens with zero attached hydrogens (tertiary/aromatic N) is 2. The van der Waals surface area contributed by atoms with E-state index in [-0.39, 0.29) is 5.69 Å². The van der Waals surface area contributed by atoms with Gasteiger partial charge in [0.2, 0.25) is 0 Å². The minimum absolute atomic E-state index is 0.0832. The van der Waals surface area contributed by atoms with E-state index in [1.54, 1.807) is 12.1 Å². The predicted molar refractivity (Wildman–Crippen MR) is 64.7 cm³/mol. The molecule has 0 saturated heterocycles. The van der Waals surface area contributed by atoms with Crippen molar-refractivity contribution in [3.05, 3.63) is 34.4 Å². The van der Waals surface area contributed by atoms with Crippen molar-refractivity contribution in [1.82, 2.24) is 0 Å². The summed E-state index contributed by atoms with van der Waals surface area (Å²) in [5.41, 5.74) is 4.71. The smallest absolute Gasteiger partial charge is 0.269 e. The Kier molecular flexibility index (Phi) is 4.44. The minimum atomic E-state index is -0.421. The maximum absolute atomic E-state index is 10.4. The molecule has 0 unspecified atom stereocenters. The number of nitrogens with one attached hydrogen (secondary N) is 1. The van der Waals surface area contributed by atoms with E-state index in [9.17, 15) is 10.1 Å². The molecule has 0 amide bonds. The van der Waals surface area contributed by atoms with E-state index < -0.39 is 4.92 Å². The van der Waals surface area contributed by atoms with Gasteiger partial charge in [0.15, 0.2) is 0 Å². The van der Waals surface area contributed by atoms with Crippen molar-refractivity contribution in [3.63, 3.8) is 0 Å². The zero-order valence-electron chi connectivity index (χ0n) is 9.43. The molecule has 0 radical (unpaired) electrons. The third-order valence-corrected chi connectivity index (χ3v) is 2.07. The first kappa shape index (κ1) is 12.2. The lowest BCUT2D eigenvalue weighted by atomic mass is 10.2. The van der Waals surface area contributed by atoms with Gasteiger partial charge in [0, 0.05) is 17.8 Å². The summed E-state index contributed by atoms with van der Waals surface area (Å²) >= 11 is 0. The number of hydrogen-bond acceptors (Lipinski definition) is 4. The molecule has 1 rings (SSSR count). The van der Waals surface area contributed by atoms with Crippen LogP contribution in [0, 0.1) is 10.1 Å². The van der Waals surface area contributed by atoms with Crippen molar-refractivity contribution in [3.8, 4) is 0 Å². The molecule has 0 heterocycles. The Morgan fingerprint density at radius 2 is 2.06 bits per heavy atom. The van der Waals surface area contributed by atoms with Gasteiger partial charge >= 0.3 is 0 Å². The molecule has 0 bridgehead atoms. The molecule has 0 spiro atoms. The van der Waals surface area contributed by atoms with Crippen LogP contribution in [0.5, 0.6) is 0 Å². The van der Waals surface area contributed by atoms with Gasteiger partial charge in [0.1, 0.15) is 0 Å². The Balaban J connectivity index is 2.62. The van der Waals surface area contributed by atoms with Crippen molar-refractivity contribution < 1.29 is 4.92 Å². The first-order valence-electron chi connectivity index (χ1n) is 5.17. The van der Waals surface area contributed by atoms with Crippen LogP contribution >= 0.6 is 0 Å². The number of hydrogen-bond donors (Lipinski definition) is 1. The van der Waals surface area contributed by atoms with Crippen molar-refractivity contribution in [2.75, 3.05) is 5.43 Å². The summed E-state index contributed by atoms with van der Waals surface area (Å²) in [5.74, 6) is 0. The predicted octanol–water partition coefficient (Wildman–Crippen LogP) is 3.18. The van der Waals surface area contributed by atoms with E-state index in [0.717, 1.165) is 24.2 Å². The van der Waals surface area contributed by atoms with E-state index in [2.05, 4.69) is 17.5 Å². The molecule has 0 aliphatic carbocycles. The average Bonchev–Trinajstić information content (AvgIpc) is 2.27. The molecule has 1 aromatic rings. The molecule has 86 valence electrons. The normalized spacial score (nSPS) is 11.2. The number of rotatable bonds is 5. The molecule has 16 heavy (non-hydrogen) atoms. The Labute approximate surface area is 94.3 Å². The Hall–Kier alpha value is -1.91. The van der Waals surface area contributed by atoms with Crippen LogP contribution in [0.1, 0.15) is 26.7 Å². The molecular formula is C11H15N3O2. The van der Waals surface area contributed by atoms with Gasteiger partial charge in [-0.25, -0.2) is 0 Å². The highest BCUT2D eigenvalue weighted by Crippen LogP contribution is 2.15. The Morgan fingerprint density at radius 1 is 1.44 bits per heavy atom. The molecule has 0 aliphatic heterocycles. The van der Waals surface area contributed by atoms with E-state index in [0.29, 0.717) is 0 Å². The summed E-state index contributed by atoms with van der Waals surface area (Å²) in [6.07, 6.45) is 2.00. The Bertz CT molecular complexity index is 385. The molecule has 0 aliphatic rings. The first-order valence-corrected chi connectivity index (χ1v) is 5.17. The molecular weight excluding hydrogens is 206 g/mol. The van der Waals surface area contributed by atoms with Gasteiger partial charge in [-0.3, -0.25) is 15.5 Å². The second-order valence-corrected chi connectivity index (χ2v) is 3.51. The molecule has 5 heteroatoms. The molecule has 0 aromatic heterocycles. The van der Waals surface area contributed by atoms with Gasteiger partial charge in [0.25, 0.3) is 5.69 Å². The van der Waals surface area contributed by atoms with E-state index in [1.165, 1.54) is 12.1 Å². The quantitative estimate of drug-likeness (QED) is 0.471. The van der Waals surface area contributed by atoms with Crippen LogP contribution in [0.15, 0.2) is 29.4 Å².